The Labute approximate surface area is 118 Å². The smallest absolute Gasteiger partial charge is 0.265 e. The second-order valence-corrected chi connectivity index (χ2v) is 5.56. The summed E-state index contributed by atoms with van der Waals surface area (Å²) >= 11 is 1.30. The third kappa shape index (κ3) is 3.64. The highest BCUT2D eigenvalue weighted by atomic mass is 32.1. The number of nitrogen functional groups attached to an aromatic ring is 1. The second-order valence-electron chi connectivity index (χ2n) is 4.54. The van der Waals surface area contributed by atoms with Gasteiger partial charge in [0.25, 0.3) is 5.91 Å². The molecule has 1 heterocycles. The highest BCUT2D eigenvalue weighted by Crippen LogP contribution is 2.43. The van der Waals surface area contributed by atoms with Gasteiger partial charge >= 0.3 is 0 Å². The third-order valence-corrected chi connectivity index (χ3v) is 3.39. The molecular weight excluding hydrogens is 262 g/mol. The van der Waals surface area contributed by atoms with Crippen molar-refractivity contribution in [3.05, 3.63) is 17.5 Å². The van der Waals surface area contributed by atoms with E-state index in [0.717, 1.165) is 5.00 Å². The molecule has 0 saturated carbocycles. The molecule has 0 bridgehead atoms. The van der Waals surface area contributed by atoms with E-state index in [1.54, 1.807) is 20.2 Å². The Morgan fingerprint density at radius 2 is 2.21 bits per heavy atom. The average Bonchev–Trinajstić information content (AvgIpc) is 2.63. The van der Waals surface area contributed by atoms with Crippen molar-refractivity contribution < 1.29 is 9.53 Å². The minimum atomic E-state index is -0.122. The molecule has 0 fully saturated rings. The van der Waals surface area contributed by atoms with Crippen LogP contribution in [0.3, 0.4) is 0 Å². The maximum atomic E-state index is 12.0. The lowest BCUT2D eigenvalue weighted by Crippen LogP contribution is -2.21. The van der Waals surface area contributed by atoms with Gasteiger partial charge in [-0.05, 0) is 13.8 Å². The van der Waals surface area contributed by atoms with E-state index >= 15 is 0 Å². The Balaban J connectivity index is 3.17. The van der Waals surface area contributed by atoms with E-state index in [-0.39, 0.29) is 12.0 Å². The molecule has 6 heteroatoms. The summed E-state index contributed by atoms with van der Waals surface area (Å²) in [5.41, 5.74) is 6.43. The Kier molecular flexibility index (Phi) is 5.23. The van der Waals surface area contributed by atoms with Gasteiger partial charge in [0.2, 0.25) is 0 Å². The van der Waals surface area contributed by atoms with E-state index in [1.807, 2.05) is 13.8 Å². The number of nitrogens with two attached hydrogens (primary N) is 1. The zero-order chi connectivity index (χ0) is 14.6. The van der Waals surface area contributed by atoms with Gasteiger partial charge in [0.05, 0.1) is 6.10 Å². The molecule has 0 aliphatic heterocycles. The number of rotatable bonds is 6. The van der Waals surface area contributed by atoms with Crippen LogP contribution in [0, 0.1) is 0 Å². The van der Waals surface area contributed by atoms with Gasteiger partial charge in [-0.25, -0.2) is 0 Å². The zero-order valence-corrected chi connectivity index (χ0v) is 12.6. The Morgan fingerprint density at radius 3 is 2.68 bits per heavy atom. The van der Waals surface area contributed by atoms with Crippen molar-refractivity contribution in [1.29, 1.82) is 0 Å². The molecule has 0 radical (unpaired) electrons. The molecule has 19 heavy (non-hydrogen) atoms. The van der Waals surface area contributed by atoms with Crippen LogP contribution in [0.2, 0.25) is 0 Å². The zero-order valence-electron chi connectivity index (χ0n) is 11.8. The average molecular weight is 283 g/mol. The number of hydrogen-bond acceptors (Lipinski definition) is 5. The van der Waals surface area contributed by atoms with Crippen LogP contribution in [0.1, 0.15) is 23.5 Å². The number of nitrogens with zero attached hydrogens (tertiary/aromatic N) is 1. The van der Waals surface area contributed by atoms with Gasteiger partial charge in [-0.1, -0.05) is 6.08 Å². The quantitative estimate of drug-likeness (QED) is 0.787. The molecule has 1 aromatic heterocycles. The molecule has 1 amide bonds. The molecule has 106 valence electrons. The van der Waals surface area contributed by atoms with Gasteiger partial charge in [0.1, 0.15) is 15.6 Å². The van der Waals surface area contributed by atoms with Crippen molar-refractivity contribution in [2.75, 3.05) is 31.7 Å². The van der Waals surface area contributed by atoms with Gasteiger partial charge in [-0.3, -0.25) is 4.79 Å². The summed E-state index contributed by atoms with van der Waals surface area (Å²) in [6.45, 7) is 8.08. The molecular formula is C13H21N3O2S. The minimum absolute atomic E-state index is 0.0107. The molecule has 0 unspecified atom stereocenters. The highest BCUT2D eigenvalue weighted by molar-refractivity contribution is 7.19. The van der Waals surface area contributed by atoms with Gasteiger partial charge < -0.3 is 20.7 Å². The summed E-state index contributed by atoms with van der Waals surface area (Å²) in [4.78, 5) is 14.0. The predicted molar refractivity (Wildman–Crippen MR) is 81.2 cm³/mol. The van der Waals surface area contributed by atoms with Crippen molar-refractivity contribution in [2.24, 2.45) is 0 Å². The Hall–Kier alpha value is -1.69. The molecule has 0 aliphatic carbocycles. The SMILES string of the molecule is C=CCNc1sc(C(=O)N(C)C)c(N)c1OC(C)C. The fourth-order valence-electron chi connectivity index (χ4n) is 1.42. The summed E-state index contributed by atoms with van der Waals surface area (Å²) in [5, 5.41) is 3.91. The van der Waals surface area contributed by atoms with Crippen LogP contribution in [0.25, 0.3) is 0 Å². The Morgan fingerprint density at radius 1 is 1.58 bits per heavy atom. The number of anilines is 2. The molecule has 0 aliphatic rings. The van der Waals surface area contributed by atoms with Crippen molar-refractivity contribution in [1.82, 2.24) is 4.90 Å². The first-order valence-corrected chi connectivity index (χ1v) is 6.85. The lowest BCUT2D eigenvalue weighted by Gasteiger charge is -2.12. The number of carbonyl (C=O) groups excluding carboxylic acids is 1. The number of thiophene rings is 1. The van der Waals surface area contributed by atoms with Crippen molar-refractivity contribution in [3.8, 4) is 5.75 Å². The van der Waals surface area contributed by atoms with E-state index < -0.39 is 0 Å². The number of amides is 1. The van der Waals surface area contributed by atoms with Gasteiger partial charge in [-0.2, -0.15) is 0 Å². The Bertz CT molecular complexity index is 467. The van der Waals surface area contributed by atoms with E-state index in [4.69, 9.17) is 10.5 Å². The fourth-order valence-corrected chi connectivity index (χ4v) is 2.51. The van der Waals surface area contributed by atoms with Crippen LogP contribution in [-0.4, -0.2) is 37.6 Å². The topological polar surface area (TPSA) is 67.6 Å². The summed E-state index contributed by atoms with van der Waals surface area (Å²) in [6, 6.07) is 0. The van der Waals surface area contributed by atoms with E-state index in [2.05, 4.69) is 11.9 Å². The summed E-state index contributed by atoms with van der Waals surface area (Å²) < 4.78 is 5.70. The van der Waals surface area contributed by atoms with Gasteiger partial charge in [0, 0.05) is 20.6 Å². The summed E-state index contributed by atoms with van der Waals surface area (Å²) in [5.74, 6) is 0.426. The van der Waals surface area contributed by atoms with Crippen LogP contribution in [0.5, 0.6) is 5.75 Å². The predicted octanol–water partition coefficient (Wildman–Crippen LogP) is 2.42. The number of ether oxygens (including phenoxy) is 1. The van der Waals surface area contributed by atoms with Crippen LogP contribution < -0.4 is 15.8 Å². The first kappa shape index (κ1) is 15.4. The molecule has 5 nitrogen and oxygen atoms in total. The van der Waals surface area contributed by atoms with Crippen LogP contribution in [0.4, 0.5) is 10.7 Å². The lowest BCUT2D eigenvalue weighted by atomic mass is 10.3. The van der Waals surface area contributed by atoms with E-state index in [9.17, 15) is 4.79 Å². The number of carbonyl (C=O) groups is 1. The van der Waals surface area contributed by atoms with Crippen molar-refractivity contribution in [2.45, 2.75) is 20.0 Å². The molecule has 0 spiro atoms. The normalized spacial score (nSPS) is 10.4. The maximum absolute atomic E-state index is 12.0. The molecule has 3 N–H and O–H groups in total. The second kappa shape index (κ2) is 6.47. The third-order valence-electron chi connectivity index (χ3n) is 2.26. The van der Waals surface area contributed by atoms with Crippen LogP contribution in [0.15, 0.2) is 12.7 Å². The standard InChI is InChI=1S/C13H21N3O2S/c1-6-7-15-12-10(18-8(2)3)9(14)11(19-12)13(17)16(4)5/h6,8,15H,1,7,14H2,2-5H3. The lowest BCUT2D eigenvalue weighted by molar-refractivity contribution is 0.0833. The fraction of sp³-hybridized carbons (Fsp3) is 0.462. The monoisotopic (exact) mass is 283 g/mol. The first-order chi connectivity index (χ1) is 8.88. The van der Waals surface area contributed by atoms with Crippen molar-refractivity contribution >= 4 is 27.9 Å². The minimum Gasteiger partial charge on any atom is -0.486 e. The van der Waals surface area contributed by atoms with Crippen LogP contribution >= 0.6 is 11.3 Å². The maximum Gasteiger partial charge on any atom is 0.265 e. The van der Waals surface area contributed by atoms with Crippen molar-refractivity contribution in [3.63, 3.8) is 0 Å². The highest BCUT2D eigenvalue weighted by Gasteiger charge is 2.23. The first-order valence-electron chi connectivity index (χ1n) is 6.03. The summed E-state index contributed by atoms with van der Waals surface area (Å²) in [7, 11) is 3.39. The summed E-state index contributed by atoms with van der Waals surface area (Å²) in [6.07, 6.45) is 1.73. The molecule has 0 saturated heterocycles. The largest absolute Gasteiger partial charge is 0.486 e. The van der Waals surface area contributed by atoms with E-state index in [0.29, 0.717) is 22.9 Å². The molecule has 0 aromatic carbocycles. The number of hydrogen-bond donors (Lipinski definition) is 2. The molecule has 1 aromatic rings. The van der Waals surface area contributed by atoms with Crippen LogP contribution in [-0.2, 0) is 0 Å². The van der Waals surface area contributed by atoms with E-state index in [1.165, 1.54) is 16.2 Å². The number of nitrogens with one attached hydrogen (secondary N) is 1. The van der Waals surface area contributed by atoms with Gasteiger partial charge in [-0.15, -0.1) is 17.9 Å². The molecule has 1 rings (SSSR count). The van der Waals surface area contributed by atoms with Gasteiger partial charge in [0.15, 0.2) is 5.75 Å². The molecule has 0 atom stereocenters.